The fourth-order valence-corrected chi connectivity index (χ4v) is 5.13. The quantitative estimate of drug-likeness (QED) is 0.212. The predicted molar refractivity (Wildman–Crippen MR) is 152 cm³/mol. The number of pyridine rings is 1. The van der Waals surface area contributed by atoms with Crippen LogP contribution in [0, 0.1) is 11.6 Å². The van der Waals surface area contributed by atoms with Crippen LogP contribution in [-0.4, -0.2) is 43.8 Å². The van der Waals surface area contributed by atoms with Crippen LogP contribution in [0.3, 0.4) is 0 Å². The number of nitrogens with zero attached hydrogens (tertiary/aromatic N) is 2. The number of carboxylic acids is 1. The number of aromatic nitrogens is 2. The summed E-state index contributed by atoms with van der Waals surface area (Å²) in [5.74, 6) is -2.47. The topological polar surface area (TPSA) is 128 Å². The summed E-state index contributed by atoms with van der Waals surface area (Å²) < 4.78 is 29.8. The average molecular weight is 600 g/mol. The summed E-state index contributed by atoms with van der Waals surface area (Å²) in [5.41, 5.74) is 3.16. The Balaban J connectivity index is 0.00000506. The number of amides is 1. The fraction of sp³-hybridized carbons (Fsp3) is 0.281. The third-order valence-corrected chi connectivity index (χ3v) is 6.87. The van der Waals surface area contributed by atoms with Crippen molar-refractivity contribution in [1.82, 2.24) is 9.55 Å². The van der Waals surface area contributed by atoms with E-state index in [0.29, 0.717) is 33.8 Å². The standard InChI is InChI=1S/C32H33F2N3O5.Na/c1-19(2)37-26(15-14-24(38)17-25(39)18-28(40)41)29(20-6-10-22(33)11-7-20)30(21-8-12-23(34)13-9-21)31(37)32(42)36-27-5-3-4-16-35-27;/h3-13,16,19,24-25,38-39H,14-15,17-18H2,1-2H3,(H,40,41)(H,35,36,42);/q;+1/p-1/t24-,25-;/m1./s1. The zero-order valence-electron chi connectivity index (χ0n) is 24.3. The number of rotatable bonds is 12. The monoisotopic (exact) mass is 599 g/mol. The van der Waals surface area contributed by atoms with Crippen LogP contribution in [0.2, 0.25) is 0 Å². The molecule has 43 heavy (non-hydrogen) atoms. The maximum absolute atomic E-state index is 14.0. The number of carbonyl (C=O) groups excluding carboxylic acids is 2. The van der Waals surface area contributed by atoms with Crippen LogP contribution in [0.5, 0.6) is 0 Å². The number of anilines is 1. The van der Waals surface area contributed by atoms with Gasteiger partial charge in [0, 0.05) is 41.4 Å². The van der Waals surface area contributed by atoms with Crippen molar-refractivity contribution in [1.29, 1.82) is 0 Å². The second kappa shape index (κ2) is 15.4. The first-order valence-corrected chi connectivity index (χ1v) is 13.6. The smallest absolute Gasteiger partial charge is 0.550 e. The first-order valence-electron chi connectivity index (χ1n) is 13.6. The average Bonchev–Trinajstić information content (AvgIpc) is 3.28. The van der Waals surface area contributed by atoms with Gasteiger partial charge in [0.05, 0.1) is 12.2 Å². The van der Waals surface area contributed by atoms with E-state index in [0.717, 1.165) is 0 Å². The number of hydrogen-bond donors (Lipinski definition) is 3. The zero-order valence-corrected chi connectivity index (χ0v) is 26.3. The molecule has 2 atom stereocenters. The van der Waals surface area contributed by atoms with E-state index in [1.54, 1.807) is 48.7 Å². The number of nitrogens with one attached hydrogen (secondary N) is 1. The molecule has 0 unspecified atom stereocenters. The largest absolute Gasteiger partial charge is 1.00 e. The summed E-state index contributed by atoms with van der Waals surface area (Å²) >= 11 is 0. The van der Waals surface area contributed by atoms with Crippen LogP contribution in [-0.2, 0) is 11.2 Å². The SMILES string of the molecule is CC(C)n1c(CC[C@@H](O)C[C@@H](O)CC(=O)[O-])c(-c2ccc(F)cc2)c(-c2ccc(F)cc2)c1C(=O)Nc1ccccn1.[Na+]. The molecule has 0 aliphatic heterocycles. The summed E-state index contributed by atoms with van der Waals surface area (Å²) in [6.45, 7) is 3.79. The van der Waals surface area contributed by atoms with Gasteiger partial charge in [-0.2, -0.15) is 0 Å². The van der Waals surface area contributed by atoms with Gasteiger partial charge in [0.25, 0.3) is 5.91 Å². The first kappa shape index (κ1) is 34.1. The third kappa shape index (κ3) is 8.58. The zero-order chi connectivity index (χ0) is 30.4. The molecule has 2 aromatic carbocycles. The molecule has 11 heteroatoms. The third-order valence-electron chi connectivity index (χ3n) is 6.87. The molecule has 0 saturated heterocycles. The first-order chi connectivity index (χ1) is 20.0. The van der Waals surface area contributed by atoms with Crippen LogP contribution in [0.25, 0.3) is 22.3 Å². The molecule has 0 saturated carbocycles. The maximum Gasteiger partial charge on any atom is 1.00 e. The Morgan fingerprint density at radius 3 is 2.00 bits per heavy atom. The Bertz CT molecular complexity index is 1530. The molecule has 4 aromatic rings. The molecule has 0 fully saturated rings. The fourth-order valence-electron chi connectivity index (χ4n) is 5.13. The van der Waals surface area contributed by atoms with Gasteiger partial charge in [-0.1, -0.05) is 30.3 Å². The molecule has 0 bridgehead atoms. The summed E-state index contributed by atoms with van der Waals surface area (Å²) in [4.78, 5) is 29.0. The van der Waals surface area contributed by atoms with E-state index in [2.05, 4.69) is 10.3 Å². The van der Waals surface area contributed by atoms with Gasteiger partial charge in [0.2, 0.25) is 0 Å². The van der Waals surface area contributed by atoms with Gasteiger partial charge in [-0.3, -0.25) is 4.79 Å². The van der Waals surface area contributed by atoms with Gasteiger partial charge >= 0.3 is 29.6 Å². The molecular weight excluding hydrogens is 567 g/mol. The molecule has 220 valence electrons. The van der Waals surface area contributed by atoms with Crippen molar-refractivity contribution in [2.45, 2.75) is 57.8 Å². The number of carboxylic acid groups (broad SMARTS) is 1. The number of aliphatic hydroxyl groups is 2. The Hall–Kier alpha value is -3.41. The van der Waals surface area contributed by atoms with E-state index >= 15 is 0 Å². The molecule has 3 N–H and O–H groups in total. The maximum atomic E-state index is 14.0. The van der Waals surface area contributed by atoms with E-state index in [9.17, 15) is 33.7 Å². The van der Waals surface area contributed by atoms with Crippen molar-refractivity contribution in [2.24, 2.45) is 0 Å². The predicted octanol–water partition coefficient (Wildman–Crippen LogP) is 1.52. The van der Waals surface area contributed by atoms with Crippen molar-refractivity contribution in [2.75, 3.05) is 5.32 Å². The van der Waals surface area contributed by atoms with Crippen LogP contribution in [0.15, 0.2) is 72.9 Å². The number of halogens is 2. The number of benzene rings is 2. The van der Waals surface area contributed by atoms with E-state index in [1.807, 2.05) is 18.4 Å². The van der Waals surface area contributed by atoms with Crippen LogP contribution in [0.1, 0.15) is 55.3 Å². The molecule has 0 aliphatic rings. The summed E-state index contributed by atoms with van der Waals surface area (Å²) in [5, 5.41) is 34.4. The van der Waals surface area contributed by atoms with Crippen LogP contribution >= 0.6 is 0 Å². The number of aliphatic hydroxyl groups excluding tert-OH is 2. The molecule has 8 nitrogen and oxygen atoms in total. The molecule has 1 amide bonds. The Morgan fingerprint density at radius 1 is 0.907 bits per heavy atom. The minimum Gasteiger partial charge on any atom is -0.550 e. The normalized spacial score (nSPS) is 12.4. The molecular formula is C32H32F2N3NaO5. The molecule has 0 radical (unpaired) electrons. The second-order valence-corrected chi connectivity index (χ2v) is 10.4. The second-order valence-electron chi connectivity index (χ2n) is 10.4. The number of carbonyl (C=O) groups is 2. The van der Waals surface area contributed by atoms with Crippen molar-refractivity contribution >= 4 is 17.7 Å². The van der Waals surface area contributed by atoms with Crippen molar-refractivity contribution < 1.29 is 63.2 Å². The van der Waals surface area contributed by atoms with E-state index < -0.39 is 42.1 Å². The summed E-state index contributed by atoms with van der Waals surface area (Å²) in [6, 6.07) is 16.3. The van der Waals surface area contributed by atoms with Gasteiger partial charge < -0.3 is 30.0 Å². The minimum atomic E-state index is -1.42. The van der Waals surface area contributed by atoms with E-state index in [-0.39, 0.29) is 60.6 Å². The molecule has 0 spiro atoms. The van der Waals surface area contributed by atoms with Gasteiger partial charge in [-0.05, 0) is 80.6 Å². The number of aliphatic carboxylic acids is 1. The number of hydrogen-bond acceptors (Lipinski definition) is 6. The Morgan fingerprint density at radius 2 is 1.49 bits per heavy atom. The van der Waals surface area contributed by atoms with Crippen LogP contribution in [0.4, 0.5) is 14.6 Å². The van der Waals surface area contributed by atoms with Crippen LogP contribution < -0.4 is 40.0 Å². The van der Waals surface area contributed by atoms with E-state index in [1.165, 1.54) is 24.3 Å². The van der Waals surface area contributed by atoms with E-state index in [4.69, 9.17) is 0 Å². The van der Waals surface area contributed by atoms with Crippen molar-refractivity contribution in [3.05, 3.63) is 95.9 Å². The Labute approximate surface area is 270 Å². The van der Waals surface area contributed by atoms with Gasteiger partial charge in [0.1, 0.15) is 23.1 Å². The molecule has 2 aromatic heterocycles. The molecule has 4 rings (SSSR count). The minimum absolute atomic E-state index is 0. The van der Waals surface area contributed by atoms with Crippen molar-refractivity contribution in [3.8, 4) is 22.3 Å². The summed E-state index contributed by atoms with van der Waals surface area (Å²) in [6.07, 6.45) is -1.24. The Kier molecular flexibility index (Phi) is 12.2. The summed E-state index contributed by atoms with van der Waals surface area (Å²) in [7, 11) is 0. The molecule has 2 heterocycles. The molecule has 0 aliphatic carbocycles. The van der Waals surface area contributed by atoms with Gasteiger partial charge in [-0.25, -0.2) is 13.8 Å². The van der Waals surface area contributed by atoms with Gasteiger partial charge in [-0.15, -0.1) is 0 Å². The van der Waals surface area contributed by atoms with Crippen molar-refractivity contribution in [3.63, 3.8) is 0 Å². The van der Waals surface area contributed by atoms with Gasteiger partial charge in [0.15, 0.2) is 0 Å².